The summed E-state index contributed by atoms with van der Waals surface area (Å²) in [4.78, 5) is 24.7. The van der Waals surface area contributed by atoms with E-state index < -0.39 is 0 Å². The molecule has 0 aliphatic rings. The summed E-state index contributed by atoms with van der Waals surface area (Å²) in [6.45, 7) is 2.63. The Morgan fingerprint density at radius 3 is 1.96 bits per heavy atom. The van der Waals surface area contributed by atoms with E-state index in [1.807, 2.05) is 31.2 Å². The van der Waals surface area contributed by atoms with Crippen molar-refractivity contribution in [1.29, 1.82) is 0 Å². The summed E-state index contributed by atoms with van der Waals surface area (Å²) < 4.78 is 13.0. The average molecular weight is 376 g/mol. The van der Waals surface area contributed by atoms with Gasteiger partial charge in [0.15, 0.2) is 0 Å². The van der Waals surface area contributed by atoms with E-state index in [2.05, 4.69) is 10.6 Å². The highest BCUT2D eigenvalue weighted by Gasteiger charge is 2.10. The van der Waals surface area contributed by atoms with Crippen LogP contribution in [0.25, 0.3) is 11.1 Å². The molecule has 0 saturated heterocycles. The smallest absolute Gasteiger partial charge is 0.255 e. The quantitative estimate of drug-likeness (QED) is 0.644. The van der Waals surface area contributed by atoms with E-state index in [4.69, 9.17) is 0 Å². The zero-order valence-corrected chi connectivity index (χ0v) is 15.5. The number of anilines is 1. The van der Waals surface area contributed by atoms with Gasteiger partial charge in [-0.3, -0.25) is 9.59 Å². The highest BCUT2D eigenvalue weighted by atomic mass is 19.1. The van der Waals surface area contributed by atoms with Crippen LogP contribution in [-0.2, 0) is 0 Å². The van der Waals surface area contributed by atoms with Crippen LogP contribution >= 0.6 is 0 Å². The van der Waals surface area contributed by atoms with Crippen LogP contribution in [0.3, 0.4) is 0 Å². The maximum atomic E-state index is 13.0. The van der Waals surface area contributed by atoms with Crippen LogP contribution in [0, 0.1) is 5.82 Å². The molecular formula is C23H21FN2O2. The molecule has 3 rings (SSSR count). The first-order chi connectivity index (χ1) is 13.6. The number of benzene rings is 3. The van der Waals surface area contributed by atoms with E-state index in [1.54, 1.807) is 24.3 Å². The molecule has 0 radical (unpaired) electrons. The van der Waals surface area contributed by atoms with Crippen molar-refractivity contribution in [3.63, 3.8) is 0 Å². The Morgan fingerprint density at radius 1 is 0.821 bits per heavy atom. The Balaban J connectivity index is 1.80. The summed E-state index contributed by atoms with van der Waals surface area (Å²) in [6.07, 6.45) is 0.872. The Labute approximate surface area is 163 Å². The lowest BCUT2D eigenvalue weighted by molar-refractivity contribution is 0.0952. The molecule has 28 heavy (non-hydrogen) atoms. The molecule has 4 nitrogen and oxygen atoms in total. The van der Waals surface area contributed by atoms with Crippen LogP contribution < -0.4 is 10.6 Å². The second-order valence-electron chi connectivity index (χ2n) is 6.38. The highest BCUT2D eigenvalue weighted by Crippen LogP contribution is 2.22. The molecule has 0 aliphatic heterocycles. The molecule has 0 atom stereocenters. The van der Waals surface area contributed by atoms with Crippen molar-refractivity contribution >= 4 is 17.5 Å². The van der Waals surface area contributed by atoms with Gasteiger partial charge in [-0.25, -0.2) is 4.39 Å². The summed E-state index contributed by atoms with van der Waals surface area (Å²) in [5.41, 5.74) is 3.25. The molecule has 0 unspecified atom stereocenters. The third-order valence-electron chi connectivity index (χ3n) is 4.22. The molecule has 2 amide bonds. The van der Waals surface area contributed by atoms with E-state index >= 15 is 0 Å². The fraction of sp³-hybridized carbons (Fsp3) is 0.130. The van der Waals surface area contributed by atoms with Gasteiger partial charge in [0.25, 0.3) is 11.8 Å². The van der Waals surface area contributed by atoms with Gasteiger partial charge in [0.2, 0.25) is 0 Å². The fourth-order valence-corrected chi connectivity index (χ4v) is 2.76. The standard InChI is InChI=1S/C23H21FN2O2/c1-2-13-25-22(27)18-7-3-5-16(14-18)17-6-4-8-19(15-17)23(28)26-21-11-9-20(24)10-12-21/h3-12,14-15H,2,13H2,1H3,(H,25,27)(H,26,28). The predicted molar refractivity (Wildman–Crippen MR) is 109 cm³/mol. The summed E-state index contributed by atoms with van der Waals surface area (Å²) in [5.74, 6) is -0.762. The highest BCUT2D eigenvalue weighted by molar-refractivity contribution is 6.05. The van der Waals surface area contributed by atoms with Crippen molar-refractivity contribution in [2.45, 2.75) is 13.3 Å². The minimum absolute atomic E-state index is 0.117. The zero-order valence-electron chi connectivity index (χ0n) is 15.5. The van der Waals surface area contributed by atoms with Crippen LogP contribution in [0.4, 0.5) is 10.1 Å². The summed E-state index contributed by atoms with van der Waals surface area (Å²) in [7, 11) is 0. The largest absolute Gasteiger partial charge is 0.352 e. The van der Waals surface area contributed by atoms with Crippen molar-refractivity contribution < 1.29 is 14.0 Å². The zero-order chi connectivity index (χ0) is 19.9. The summed E-state index contributed by atoms with van der Waals surface area (Å²) in [6, 6.07) is 20.0. The number of carbonyl (C=O) groups excluding carboxylic acids is 2. The molecule has 0 aromatic heterocycles. The molecule has 0 bridgehead atoms. The lowest BCUT2D eigenvalue weighted by atomic mass is 10.0. The van der Waals surface area contributed by atoms with E-state index in [0.717, 1.165) is 17.5 Å². The first-order valence-corrected chi connectivity index (χ1v) is 9.12. The molecule has 5 heteroatoms. The topological polar surface area (TPSA) is 58.2 Å². The third-order valence-corrected chi connectivity index (χ3v) is 4.22. The van der Waals surface area contributed by atoms with Gasteiger partial charge in [0.1, 0.15) is 5.82 Å². The lowest BCUT2D eigenvalue weighted by Gasteiger charge is -2.09. The second-order valence-corrected chi connectivity index (χ2v) is 6.38. The van der Waals surface area contributed by atoms with Gasteiger partial charge in [0, 0.05) is 23.4 Å². The number of hydrogen-bond acceptors (Lipinski definition) is 2. The number of halogens is 1. The average Bonchev–Trinajstić information content (AvgIpc) is 2.73. The van der Waals surface area contributed by atoms with Crippen molar-refractivity contribution in [2.75, 3.05) is 11.9 Å². The first kappa shape index (κ1) is 19.3. The van der Waals surface area contributed by atoms with Gasteiger partial charge in [0.05, 0.1) is 0 Å². The number of carbonyl (C=O) groups is 2. The van der Waals surface area contributed by atoms with Gasteiger partial charge in [-0.05, 0) is 66.1 Å². The summed E-state index contributed by atoms with van der Waals surface area (Å²) in [5, 5.41) is 5.61. The first-order valence-electron chi connectivity index (χ1n) is 9.12. The van der Waals surface area contributed by atoms with Crippen LogP contribution in [0.5, 0.6) is 0 Å². The molecule has 0 aliphatic carbocycles. The van der Waals surface area contributed by atoms with E-state index in [9.17, 15) is 14.0 Å². The minimum atomic E-state index is -0.358. The van der Waals surface area contributed by atoms with Gasteiger partial charge in [-0.2, -0.15) is 0 Å². The Kier molecular flexibility index (Phi) is 6.17. The monoisotopic (exact) mass is 376 g/mol. The van der Waals surface area contributed by atoms with Gasteiger partial charge in [-0.1, -0.05) is 31.2 Å². The SMILES string of the molecule is CCCNC(=O)c1cccc(-c2cccc(C(=O)Nc3ccc(F)cc3)c2)c1. The van der Waals surface area contributed by atoms with Crippen molar-refractivity contribution in [2.24, 2.45) is 0 Å². The maximum absolute atomic E-state index is 13.0. The van der Waals surface area contributed by atoms with Crippen LogP contribution in [0.1, 0.15) is 34.1 Å². The van der Waals surface area contributed by atoms with Crippen LogP contribution in [0.2, 0.25) is 0 Å². The fourth-order valence-electron chi connectivity index (χ4n) is 2.76. The number of hydrogen-bond donors (Lipinski definition) is 2. The van der Waals surface area contributed by atoms with Gasteiger partial charge >= 0.3 is 0 Å². The Hall–Kier alpha value is -3.47. The number of amides is 2. The van der Waals surface area contributed by atoms with Gasteiger partial charge < -0.3 is 10.6 Å². The lowest BCUT2D eigenvalue weighted by Crippen LogP contribution is -2.23. The maximum Gasteiger partial charge on any atom is 0.255 e. The second kappa shape index (κ2) is 8.95. The summed E-state index contributed by atoms with van der Waals surface area (Å²) >= 11 is 0. The molecule has 142 valence electrons. The normalized spacial score (nSPS) is 10.4. The van der Waals surface area contributed by atoms with E-state index in [1.165, 1.54) is 24.3 Å². The van der Waals surface area contributed by atoms with Crippen molar-refractivity contribution in [3.05, 3.63) is 89.7 Å². The third kappa shape index (κ3) is 4.82. The van der Waals surface area contributed by atoms with Crippen molar-refractivity contribution in [1.82, 2.24) is 5.32 Å². The van der Waals surface area contributed by atoms with Crippen LogP contribution in [-0.4, -0.2) is 18.4 Å². The molecule has 2 N–H and O–H groups in total. The molecular weight excluding hydrogens is 355 g/mol. The Bertz CT molecular complexity index is 984. The van der Waals surface area contributed by atoms with Crippen molar-refractivity contribution in [3.8, 4) is 11.1 Å². The molecule has 3 aromatic rings. The number of nitrogens with one attached hydrogen (secondary N) is 2. The molecule has 3 aromatic carbocycles. The Morgan fingerprint density at radius 2 is 1.39 bits per heavy atom. The predicted octanol–water partition coefficient (Wildman–Crippen LogP) is 4.88. The molecule has 0 saturated carbocycles. The van der Waals surface area contributed by atoms with E-state index in [-0.39, 0.29) is 17.6 Å². The van der Waals surface area contributed by atoms with Crippen LogP contribution in [0.15, 0.2) is 72.8 Å². The molecule has 0 fully saturated rings. The molecule has 0 spiro atoms. The minimum Gasteiger partial charge on any atom is -0.352 e. The van der Waals surface area contributed by atoms with E-state index in [0.29, 0.717) is 23.4 Å². The van der Waals surface area contributed by atoms with Gasteiger partial charge in [-0.15, -0.1) is 0 Å². The molecule has 0 heterocycles. The number of rotatable bonds is 6.